The molecule has 0 aliphatic carbocycles. The Morgan fingerprint density at radius 2 is 2.07 bits per heavy atom. The lowest BCUT2D eigenvalue weighted by atomic mass is 9.95. The van der Waals surface area contributed by atoms with Gasteiger partial charge in [0.2, 0.25) is 5.91 Å². The van der Waals surface area contributed by atoms with Gasteiger partial charge < -0.3 is 5.11 Å². The number of hydrazine groups is 1. The van der Waals surface area contributed by atoms with Gasteiger partial charge in [0.1, 0.15) is 0 Å². The highest BCUT2D eigenvalue weighted by molar-refractivity contribution is 5.77. The number of aliphatic hydroxyl groups is 1. The Bertz CT molecular complexity index is 174. The molecule has 0 bridgehead atoms. The predicted molar refractivity (Wildman–Crippen MR) is 60.9 cm³/mol. The largest absolute Gasteiger partial charge is 0.393 e. The Hall–Kier alpha value is -0.610. The van der Waals surface area contributed by atoms with E-state index in [2.05, 4.69) is 12.3 Å². The lowest BCUT2D eigenvalue weighted by Crippen LogP contribution is -2.37. The third kappa shape index (κ3) is 6.47. The van der Waals surface area contributed by atoms with Gasteiger partial charge in [-0.25, -0.2) is 5.84 Å². The fourth-order valence-electron chi connectivity index (χ4n) is 1.65. The van der Waals surface area contributed by atoms with Gasteiger partial charge in [0.15, 0.2) is 0 Å². The molecule has 90 valence electrons. The molecule has 0 spiro atoms. The molecule has 0 aromatic rings. The second kappa shape index (κ2) is 8.68. The molecule has 4 heteroatoms. The van der Waals surface area contributed by atoms with E-state index < -0.39 is 0 Å². The van der Waals surface area contributed by atoms with Crippen LogP contribution in [0.3, 0.4) is 0 Å². The van der Waals surface area contributed by atoms with Crippen LogP contribution in [0.15, 0.2) is 0 Å². The van der Waals surface area contributed by atoms with Crippen LogP contribution in [-0.2, 0) is 4.79 Å². The molecule has 0 aromatic carbocycles. The quantitative estimate of drug-likeness (QED) is 0.248. The molecule has 4 N–H and O–H groups in total. The summed E-state index contributed by atoms with van der Waals surface area (Å²) in [4.78, 5) is 11.3. The molecule has 0 saturated heterocycles. The van der Waals surface area contributed by atoms with Crippen molar-refractivity contribution in [1.29, 1.82) is 0 Å². The predicted octanol–water partition coefficient (Wildman–Crippen LogP) is 1.33. The molecule has 0 unspecified atom stereocenters. The Balaban J connectivity index is 3.80. The van der Waals surface area contributed by atoms with E-state index in [1.807, 2.05) is 6.92 Å². The summed E-state index contributed by atoms with van der Waals surface area (Å²) >= 11 is 0. The minimum absolute atomic E-state index is 0.161. The smallest absolute Gasteiger partial charge is 0.237 e. The van der Waals surface area contributed by atoms with E-state index in [1.165, 1.54) is 0 Å². The molecule has 0 aromatic heterocycles. The highest BCUT2D eigenvalue weighted by atomic mass is 16.3. The normalized spacial score (nSPS) is 14.7. The number of carbonyl (C=O) groups excluding carboxylic acids is 1. The summed E-state index contributed by atoms with van der Waals surface area (Å²) in [7, 11) is 0. The fourth-order valence-corrected chi connectivity index (χ4v) is 1.65. The van der Waals surface area contributed by atoms with Crippen LogP contribution >= 0.6 is 0 Å². The molecular formula is C11H24N2O2. The van der Waals surface area contributed by atoms with Crippen molar-refractivity contribution < 1.29 is 9.90 Å². The molecule has 0 radical (unpaired) electrons. The van der Waals surface area contributed by atoms with Crippen molar-refractivity contribution in [2.75, 3.05) is 0 Å². The monoisotopic (exact) mass is 216 g/mol. The van der Waals surface area contributed by atoms with Crippen LogP contribution in [0.2, 0.25) is 0 Å². The minimum Gasteiger partial charge on any atom is -0.393 e. The van der Waals surface area contributed by atoms with Gasteiger partial charge in [-0.2, -0.15) is 0 Å². The van der Waals surface area contributed by atoms with Gasteiger partial charge in [-0.15, -0.1) is 0 Å². The van der Waals surface area contributed by atoms with Crippen molar-refractivity contribution in [3.05, 3.63) is 0 Å². The summed E-state index contributed by atoms with van der Waals surface area (Å²) in [6, 6.07) is 0. The molecule has 0 heterocycles. The maximum atomic E-state index is 11.3. The van der Waals surface area contributed by atoms with Crippen LogP contribution in [0, 0.1) is 5.92 Å². The van der Waals surface area contributed by atoms with Gasteiger partial charge in [0, 0.05) is 5.92 Å². The first-order valence-corrected chi connectivity index (χ1v) is 5.84. The first-order chi connectivity index (χ1) is 7.15. The van der Waals surface area contributed by atoms with Crippen LogP contribution in [0.5, 0.6) is 0 Å². The number of rotatable bonds is 8. The molecule has 15 heavy (non-hydrogen) atoms. The molecule has 0 saturated carbocycles. The van der Waals surface area contributed by atoms with Crippen molar-refractivity contribution in [2.45, 2.75) is 58.5 Å². The van der Waals surface area contributed by atoms with E-state index in [0.29, 0.717) is 12.8 Å². The first-order valence-electron chi connectivity index (χ1n) is 5.84. The van der Waals surface area contributed by atoms with Crippen LogP contribution in [0.25, 0.3) is 0 Å². The number of nitrogens with two attached hydrogens (primary N) is 1. The zero-order valence-electron chi connectivity index (χ0n) is 9.83. The summed E-state index contributed by atoms with van der Waals surface area (Å²) in [6.45, 7) is 4.06. The van der Waals surface area contributed by atoms with E-state index in [1.54, 1.807) is 0 Å². The maximum Gasteiger partial charge on any atom is 0.237 e. The molecule has 0 fully saturated rings. The van der Waals surface area contributed by atoms with Crippen molar-refractivity contribution in [1.82, 2.24) is 5.43 Å². The Kier molecular flexibility index (Phi) is 8.33. The van der Waals surface area contributed by atoms with Gasteiger partial charge in [-0.05, 0) is 19.3 Å². The van der Waals surface area contributed by atoms with E-state index in [4.69, 9.17) is 5.84 Å². The molecule has 0 rings (SSSR count). The van der Waals surface area contributed by atoms with E-state index >= 15 is 0 Å². The second-order valence-corrected chi connectivity index (χ2v) is 4.00. The lowest BCUT2D eigenvalue weighted by molar-refractivity contribution is -0.126. The number of aliphatic hydroxyl groups excluding tert-OH is 1. The van der Waals surface area contributed by atoms with Crippen LogP contribution < -0.4 is 11.3 Å². The summed E-state index contributed by atoms with van der Waals surface area (Å²) in [5.74, 6) is 4.73. The lowest BCUT2D eigenvalue weighted by Gasteiger charge is -2.17. The van der Waals surface area contributed by atoms with Gasteiger partial charge >= 0.3 is 0 Å². The number of hydrogen-bond donors (Lipinski definition) is 3. The Morgan fingerprint density at radius 1 is 1.40 bits per heavy atom. The third-order valence-corrected chi connectivity index (χ3v) is 2.70. The topological polar surface area (TPSA) is 75.3 Å². The number of amides is 1. The molecule has 0 aliphatic rings. The molecule has 1 amide bonds. The Labute approximate surface area is 92.2 Å². The van der Waals surface area contributed by atoms with E-state index in [-0.39, 0.29) is 17.9 Å². The summed E-state index contributed by atoms with van der Waals surface area (Å²) in [5, 5.41) is 9.70. The molecule has 4 nitrogen and oxygen atoms in total. The highest BCUT2D eigenvalue weighted by Gasteiger charge is 2.19. The number of hydrogen-bond acceptors (Lipinski definition) is 3. The number of carbonyl (C=O) groups is 1. The van der Waals surface area contributed by atoms with Gasteiger partial charge in [-0.1, -0.05) is 33.1 Å². The molecule has 2 atom stereocenters. The Morgan fingerprint density at radius 3 is 2.53 bits per heavy atom. The van der Waals surface area contributed by atoms with Crippen LogP contribution in [0.4, 0.5) is 0 Å². The van der Waals surface area contributed by atoms with Crippen molar-refractivity contribution in [2.24, 2.45) is 11.8 Å². The highest BCUT2D eigenvalue weighted by Crippen LogP contribution is 2.15. The average molecular weight is 216 g/mol. The maximum absolute atomic E-state index is 11.3. The summed E-state index contributed by atoms with van der Waals surface area (Å²) in [6.07, 6.45) is 4.95. The minimum atomic E-state index is -0.376. The second-order valence-electron chi connectivity index (χ2n) is 4.00. The average Bonchev–Trinajstić information content (AvgIpc) is 2.25. The number of unbranched alkanes of at least 4 members (excludes halogenated alkanes) is 2. The SMILES string of the molecule is CCCCC[C@@H](O)C[C@@H](CC)C(=O)NN. The van der Waals surface area contributed by atoms with Gasteiger partial charge in [0.05, 0.1) is 6.10 Å². The first kappa shape index (κ1) is 14.4. The van der Waals surface area contributed by atoms with Crippen molar-refractivity contribution >= 4 is 5.91 Å². The third-order valence-electron chi connectivity index (χ3n) is 2.70. The van der Waals surface area contributed by atoms with Crippen molar-refractivity contribution in [3.63, 3.8) is 0 Å². The van der Waals surface area contributed by atoms with Crippen LogP contribution in [0.1, 0.15) is 52.4 Å². The van der Waals surface area contributed by atoms with Gasteiger partial charge in [-0.3, -0.25) is 10.2 Å². The zero-order chi connectivity index (χ0) is 11.7. The fraction of sp³-hybridized carbons (Fsp3) is 0.909. The van der Waals surface area contributed by atoms with Gasteiger partial charge in [0.25, 0.3) is 0 Å². The molecule has 0 aliphatic heterocycles. The summed E-state index contributed by atoms with van der Waals surface area (Å²) in [5.41, 5.74) is 2.14. The van der Waals surface area contributed by atoms with Crippen molar-refractivity contribution in [3.8, 4) is 0 Å². The molecular weight excluding hydrogens is 192 g/mol. The summed E-state index contributed by atoms with van der Waals surface area (Å²) < 4.78 is 0. The van der Waals surface area contributed by atoms with Crippen LogP contribution in [-0.4, -0.2) is 17.1 Å². The zero-order valence-corrected chi connectivity index (χ0v) is 9.83. The standard InChI is InChI=1S/C11H24N2O2/c1-3-5-6-7-10(14)8-9(4-2)11(15)13-12/h9-10,14H,3-8,12H2,1-2H3,(H,13,15)/t9-,10-/m1/s1. The van der Waals surface area contributed by atoms with E-state index in [0.717, 1.165) is 25.7 Å². The number of nitrogens with one attached hydrogen (secondary N) is 1. The van der Waals surface area contributed by atoms with E-state index in [9.17, 15) is 9.90 Å².